The average Bonchev–Trinajstić information content (AvgIpc) is 3.47. The molecule has 8 heteroatoms. The van der Waals surface area contributed by atoms with E-state index in [1.54, 1.807) is 4.40 Å². The highest BCUT2D eigenvalue weighted by Crippen LogP contribution is 2.25. The number of rotatable bonds is 4. The van der Waals surface area contributed by atoms with Gasteiger partial charge < -0.3 is 4.90 Å². The van der Waals surface area contributed by atoms with E-state index in [-0.39, 0.29) is 17.9 Å². The van der Waals surface area contributed by atoms with Crippen LogP contribution < -0.4 is 5.56 Å². The molecule has 0 saturated heterocycles. The first-order chi connectivity index (χ1) is 17.9. The van der Waals surface area contributed by atoms with Gasteiger partial charge in [0.1, 0.15) is 5.69 Å². The highest BCUT2D eigenvalue weighted by molar-refractivity contribution is 7.15. The minimum absolute atomic E-state index is 0.0166. The van der Waals surface area contributed by atoms with Crippen LogP contribution in [0.2, 0.25) is 0 Å². The zero-order chi connectivity index (χ0) is 25.7. The van der Waals surface area contributed by atoms with Gasteiger partial charge >= 0.3 is 0 Å². The van der Waals surface area contributed by atoms with Crippen molar-refractivity contribution in [3.8, 4) is 16.9 Å². The van der Waals surface area contributed by atoms with Gasteiger partial charge in [0.05, 0.1) is 23.4 Å². The Labute approximate surface area is 218 Å². The maximum Gasteiger partial charge on any atom is 0.268 e. The summed E-state index contributed by atoms with van der Waals surface area (Å²) in [4.78, 5) is 34.3. The fourth-order valence-electron chi connectivity index (χ4n) is 5.14. The molecular formula is C29H27N5O2S. The number of fused-ring (bicyclic) bond motifs is 2. The van der Waals surface area contributed by atoms with E-state index in [0.29, 0.717) is 40.7 Å². The minimum atomic E-state index is -0.190. The number of carbonyl (C=O) groups is 1. The molecule has 2 aromatic carbocycles. The van der Waals surface area contributed by atoms with Crippen molar-refractivity contribution >= 4 is 22.2 Å². The molecule has 0 fully saturated rings. The number of hydrogen-bond acceptors (Lipinski definition) is 5. The van der Waals surface area contributed by atoms with Crippen LogP contribution in [-0.4, -0.2) is 36.5 Å². The minimum Gasteiger partial charge on any atom is -0.338 e. The summed E-state index contributed by atoms with van der Waals surface area (Å²) < 4.78 is 3.45. The number of amides is 1. The van der Waals surface area contributed by atoms with Crippen LogP contribution in [-0.2, 0) is 24.2 Å². The van der Waals surface area contributed by atoms with Gasteiger partial charge in [-0.15, -0.1) is 11.3 Å². The molecule has 0 bridgehead atoms. The van der Waals surface area contributed by atoms with Gasteiger partial charge in [-0.1, -0.05) is 42.5 Å². The van der Waals surface area contributed by atoms with E-state index in [2.05, 4.69) is 12.1 Å². The second-order valence-corrected chi connectivity index (χ2v) is 10.4. The number of hydrogen-bond donors (Lipinski definition) is 0. The number of nitrogens with zero attached hydrogens (tertiary/aromatic N) is 5. The van der Waals surface area contributed by atoms with Gasteiger partial charge in [-0.05, 0) is 56.0 Å². The number of thiazole rings is 1. The SMILES string of the molecule is Cc1ccccc1-n1nc(-c2c(C)nc3scc(CC(=O)N4CCc5ccccc5C4)n3c2=O)cc1C. The first kappa shape index (κ1) is 23.4. The fourth-order valence-corrected chi connectivity index (χ4v) is 6.07. The molecule has 3 aromatic heterocycles. The smallest absolute Gasteiger partial charge is 0.268 e. The lowest BCUT2D eigenvalue weighted by molar-refractivity contribution is -0.131. The van der Waals surface area contributed by atoms with E-state index in [4.69, 9.17) is 10.1 Å². The molecule has 0 radical (unpaired) electrons. The third kappa shape index (κ3) is 4.07. The summed E-state index contributed by atoms with van der Waals surface area (Å²) in [7, 11) is 0. The summed E-state index contributed by atoms with van der Waals surface area (Å²) in [6.45, 7) is 7.15. The normalized spacial score (nSPS) is 13.2. The predicted molar refractivity (Wildman–Crippen MR) is 145 cm³/mol. The number of benzene rings is 2. The van der Waals surface area contributed by atoms with Crippen molar-refractivity contribution in [2.75, 3.05) is 6.54 Å². The van der Waals surface area contributed by atoms with Crippen LogP contribution in [0.1, 0.15) is 33.8 Å². The third-order valence-electron chi connectivity index (χ3n) is 7.12. The number of aromatic nitrogens is 4. The quantitative estimate of drug-likeness (QED) is 0.353. The van der Waals surface area contributed by atoms with E-state index < -0.39 is 0 Å². The molecule has 186 valence electrons. The van der Waals surface area contributed by atoms with Gasteiger partial charge in [0.25, 0.3) is 5.56 Å². The first-order valence-electron chi connectivity index (χ1n) is 12.4. The highest BCUT2D eigenvalue weighted by atomic mass is 32.1. The lowest BCUT2D eigenvalue weighted by Crippen LogP contribution is -2.37. The average molecular weight is 510 g/mol. The molecule has 0 N–H and O–H groups in total. The monoisotopic (exact) mass is 509 g/mol. The van der Waals surface area contributed by atoms with Crippen LogP contribution in [0.5, 0.6) is 0 Å². The van der Waals surface area contributed by atoms with Gasteiger partial charge in [-0.2, -0.15) is 5.10 Å². The van der Waals surface area contributed by atoms with Crippen molar-refractivity contribution in [2.24, 2.45) is 0 Å². The molecule has 1 amide bonds. The Bertz CT molecular complexity index is 1730. The van der Waals surface area contributed by atoms with E-state index in [0.717, 1.165) is 23.4 Å². The zero-order valence-electron chi connectivity index (χ0n) is 21.1. The van der Waals surface area contributed by atoms with Crippen LogP contribution >= 0.6 is 11.3 Å². The van der Waals surface area contributed by atoms with E-state index >= 15 is 0 Å². The van der Waals surface area contributed by atoms with Crippen LogP contribution in [0.4, 0.5) is 0 Å². The standard InChI is InChI=1S/C29H27N5O2S/c1-18-8-4-7-11-25(18)34-19(2)14-24(31-34)27-20(3)30-29-33(28(27)36)23(17-37-29)15-26(35)32-13-12-21-9-5-6-10-22(21)16-32/h4-11,14,17H,12-13,15-16H2,1-3H3. The number of para-hydroxylation sites is 1. The molecule has 1 aliphatic heterocycles. The maximum atomic E-state index is 13.8. The van der Waals surface area contributed by atoms with Gasteiger partial charge in [0, 0.05) is 29.9 Å². The van der Waals surface area contributed by atoms with E-state index in [1.165, 1.54) is 22.5 Å². The molecule has 0 spiro atoms. The molecule has 5 aromatic rings. The molecular weight excluding hydrogens is 482 g/mol. The van der Waals surface area contributed by atoms with Crippen LogP contribution in [0.3, 0.4) is 0 Å². The Morgan fingerprint density at radius 1 is 1.03 bits per heavy atom. The van der Waals surface area contributed by atoms with Gasteiger partial charge in [0.15, 0.2) is 4.96 Å². The molecule has 4 heterocycles. The Balaban J connectivity index is 1.36. The predicted octanol–water partition coefficient (Wildman–Crippen LogP) is 4.66. The lowest BCUT2D eigenvalue weighted by Gasteiger charge is -2.28. The van der Waals surface area contributed by atoms with Gasteiger partial charge in [-0.3, -0.25) is 14.0 Å². The summed E-state index contributed by atoms with van der Waals surface area (Å²) in [5, 5.41) is 6.68. The molecule has 37 heavy (non-hydrogen) atoms. The second kappa shape index (κ2) is 9.12. The van der Waals surface area contributed by atoms with E-state index in [9.17, 15) is 9.59 Å². The maximum absolute atomic E-state index is 13.8. The van der Waals surface area contributed by atoms with Crippen LogP contribution in [0, 0.1) is 20.8 Å². The van der Waals surface area contributed by atoms with Gasteiger partial charge in [0.2, 0.25) is 5.91 Å². The van der Waals surface area contributed by atoms with Crippen molar-refractivity contribution in [1.29, 1.82) is 0 Å². The van der Waals surface area contributed by atoms with Crippen LogP contribution in [0.15, 0.2) is 64.8 Å². The molecule has 1 aliphatic rings. The van der Waals surface area contributed by atoms with Crippen LogP contribution in [0.25, 0.3) is 21.9 Å². The fraction of sp³-hybridized carbons (Fsp3) is 0.241. The summed E-state index contributed by atoms with van der Waals surface area (Å²) in [5.74, 6) is 0.0166. The molecule has 0 aliphatic carbocycles. The molecule has 0 atom stereocenters. The summed E-state index contributed by atoms with van der Waals surface area (Å²) >= 11 is 1.39. The van der Waals surface area contributed by atoms with Crippen molar-refractivity contribution < 1.29 is 4.79 Å². The van der Waals surface area contributed by atoms with Crippen molar-refractivity contribution in [2.45, 2.75) is 40.2 Å². The number of carbonyl (C=O) groups excluding carboxylic acids is 1. The molecule has 7 nitrogen and oxygen atoms in total. The van der Waals surface area contributed by atoms with Crippen molar-refractivity contribution in [3.05, 3.63) is 104 Å². The number of aryl methyl sites for hydroxylation is 3. The summed E-state index contributed by atoms with van der Waals surface area (Å²) in [6.07, 6.45) is 1.00. The molecule has 0 saturated carbocycles. The summed E-state index contributed by atoms with van der Waals surface area (Å²) in [6, 6.07) is 18.2. The Morgan fingerprint density at radius 2 is 1.78 bits per heavy atom. The Morgan fingerprint density at radius 3 is 2.59 bits per heavy atom. The Hall–Kier alpha value is -4.04. The van der Waals surface area contributed by atoms with Gasteiger partial charge in [-0.25, -0.2) is 9.67 Å². The molecule has 0 unspecified atom stereocenters. The zero-order valence-corrected chi connectivity index (χ0v) is 21.9. The highest BCUT2D eigenvalue weighted by Gasteiger charge is 2.24. The summed E-state index contributed by atoms with van der Waals surface area (Å²) in [5.41, 5.74) is 7.65. The second-order valence-electron chi connectivity index (χ2n) is 9.60. The molecule has 6 rings (SSSR count). The third-order valence-corrected chi connectivity index (χ3v) is 8.00. The lowest BCUT2D eigenvalue weighted by atomic mass is 9.99. The largest absolute Gasteiger partial charge is 0.338 e. The van der Waals surface area contributed by atoms with Crippen molar-refractivity contribution in [1.82, 2.24) is 24.1 Å². The van der Waals surface area contributed by atoms with E-state index in [1.807, 2.05) is 78.2 Å². The topological polar surface area (TPSA) is 72.5 Å². The first-order valence-corrected chi connectivity index (χ1v) is 13.3. The van der Waals surface area contributed by atoms with Crippen molar-refractivity contribution in [3.63, 3.8) is 0 Å². The Kier molecular flexibility index (Phi) is 5.76.